The minimum Gasteiger partial charge on any atom is -0.367 e. The fourth-order valence-corrected chi connectivity index (χ4v) is 2.83. The minimum atomic E-state index is -0.0295. The zero-order valence-electron chi connectivity index (χ0n) is 12.1. The third kappa shape index (κ3) is 3.24. The number of para-hydroxylation sites is 1. The Balaban J connectivity index is 1.79. The van der Waals surface area contributed by atoms with Crippen LogP contribution in [0.15, 0.2) is 54.6 Å². The first kappa shape index (κ1) is 14.1. The number of hydrogen-bond acceptors (Lipinski definition) is 4. The van der Waals surface area contributed by atoms with E-state index in [0.717, 1.165) is 18.7 Å². The maximum absolute atomic E-state index is 6.17. The molecule has 0 spiro atoms. The molecule has 0 aliphatic carbocycles. The van der Waals surface area contributed by atoms with Gasteiger partial charge in [0.05, 0.1) is 12.2 Å². The van der Waals surface area contributed by atoms with Crippen molar-refractivity contribution in [1.82, 2.24) is 5.32 Å². The summed E-state index contributed by atoms with van der Waals surface area (Å²) in [5, 5.41) is 3.47. The Kier molecular flexibility index (Phi) is 4.20. The monoisotopic (exact) mass is 282 g/mol. The average molecular weight is 282 g/mol. The summed E-state index contributed by atoms with van der Waals surface area (Å²) < 4.78 is 0. The molecule has 2 unspecified atom stereocenters. The number of benzene rings is 2. The highest BCUT2D eigenvalue weighted by Crippen LogP contribution is 2.23. The van der Waals surface area contributed by atoms with Crippen LogP contribution in [0.5, 0.6) is 0 Å². The maximum atomic E-state index is 6.17. The van der Waals surface area contributed by atoms with E-state index in [2.05, 4.69) is 58.7 Å². The number of nitrogens with one attached hydrogen (secondary N) is 1. The first-order valence-corrected chi connectivity index (χ1v) is 7.37. The van der Waals surface area contributed by atoms with Gasteiger partial charge < -0.3 is 16.4 Å². The number of nitrogens with zero attached hydrogens (tertiary/aromatic N) is 1. The Labute approximate surface area is 125 Å². The SMILES string of the molecule is NCc1ccc(C2CN(c3ccccc3)CC(N)N2)cc1. The second kappa shape index (κ2) is 6.26. The van der Waals surface area contributed by atoms with Gasteiger partial charge in [-0.1, -0.05) is 42.5 Å². The first-order valence-electron chi connectivity index (χ1n) is 7.37. The van der Waals surface area contributed by atoms with Crippen LogP contribution >= 0.6 is 0 Å². The average Bonchev–Trinajstić information content (AvgIpc) is 2.55. The van der Waals surface area contributed by atoms with Gasteiger partial charge in [0.1, 0.15) is 0 Å². The lowest BCUT2D eigenvalue weighted by atomic mass is 10.0. The lowest BCUT2D eigenvalue weighted by molar-refractivity contribution is 0.384. The van der Waals surface area contributed by atoms with Gasteiger partial charge >= 0.3 is 0 Å². The maximum Gasteiger partial charge on any atom is 0.0732 e. The zero-order valence-corrected chi connectivity index (χ0v) is 12.1. The van der Waals surface area contributed by atoms with Crippen LogP contribution in [-0.4, -0.2) is 19.3 Å². The summed E-state index contributed by atoms with van der Waals surface area (Å²) in [6.45, 7) is 2.31. The van der Waals surface area contributed by atoms with Gasteiger partial charge in [0.2, 0.25) is 0 Å². The van der Waals surface area contributed by atoms with E-state index < -0.39 is 0 Å². The number of piperazine rings is 1. The Morgan fingerprint density at radius 1 is 1.00 bits per heavy atom. The van der Waals surface area contributed by atoms with Crippen LogP contribution in [0.4, 0.5) is 5.69 Å². The molecule has 1 aliphatic rings. The van der Waals surface area contributed by atoms with Crippen molar-refractivity contribution < 1.29 is 0 Å². The molecule has 0 amide bonds. The standard InChI is InChI=1S/C17H22N4/c18-10-13-6-8-14(9-7-13)16-11-21(12-17(19)20-16)15-4-2-1-3-5-15/h1-9,16-17,20H,10-12,18-19H2. The third-order valence-corrected chi connectivity index (χ3v) is 3.97. The highest BCUT2D eigenvalue weighted by atomic mass is 15.3. The van der Waals surface area contributed by atoms with Crippen molar-refractivity contribution in [1.29, 1.82) is 0 Å². The summed E-state index contributed by atoms with van der Waals surface area (Å²) in [5.41, 5.74) is 15.5. The van der Waals surface area contributed by atoms with Gasteiger partial charge in [0.25, 0.3) is 0 Å². The molecule has 2 atom stereocenters. The topological polar surface area (TPSA) is 67.3 Å². The highest BCUT2D eigenvalue weighted by molar-refractivity contribution is 5.47. The molecule has 1 aliphatic heterocycles. The smallest absolute Gasteiger partial charge is 0.0732 e. The van der Waals surface area contributed by atoms with Gasteiger partial charge in [-0.3, -0.25) is 5.32 Å². The van der Waals surface area contributed by atoms with Crippen LogP contribution in [0, 0.1) is 0 Å². The second-order valence-electron chi connectivity index (χ2n) is 5.51. The molecule has 2 aromatic rings. The summed E-state index contributed by atoms with van der Waals surface area (Å²) in [7, 11) is 0. The van der Waals surface area contributed by atoms with E-state index in [0.29, 0.717) is 6.54 Å². The number of nitrogens with two attached hydrogens (primary N) is 2. The van der Waals surface area contributed by atoms with Crippen LogP contribution in [-0.2, 0) is 6.54 Å². The predicted molar refractivity (Wildman–Crippen MR) is 86.8 cm³/mol. The van der Waals surface area contributed by atoms with Gasteiger partial charge in [0.15, 0.2) is 0 Å². The van der Waals surface area contributed by atoms with Gasteiger partial charge in [0, 0.05) is 25.3 Å². The Bertz CT molecular complexity index is 567. The normalized spacial score (nSPS) is 22.3. The van der Waals surface area contributed by atoms with Crippen molar-refractivity contribution in [3.8, 4) is 0 Å². The quantitative estimate of drug-likeness (QED) is 0.799. The molecule has 1 saturated heterocycles. The van der Waals surface area contributed by atoms with Gasteiger partial charge in [-0.15, -0.1) is 0 Å². The van der Waals surface area contributed by atoms with Crippen LogP contribution in [0.2, 0.25) is 0 Å². The van der Waals surface area contributed by atoms with E-state index in [4.69, 9.17) is 11.5 Å². The summed E-state index contributed by atoms with van der Waals surface area (Å²) >= 11 is 0. The molecule has 0 radical (unpaired) electrons. The van der Waals surface area contributed by atoms with Crippen molar-refractivity contribution in [2.24, 2.45) is 11.5 Å². The van der Waals surface area contributed by atoms with Crippen LogP contribution in [0.1, 0.15) is 17.2 Å². The summed E-state index contributed by atoms with van der Waals surface area (Å²) in [6.07, 6.45) is -0.0295. The van der Waals surface area contributed by atoms with Crippen LogP contribution < -0.4 is 21.7 Å². The highest BCUT2D eigenvalue weighted by Gasteiger charge is 2.25. The van der Waals surface area contributed by atoms with Gasteiger partial charge in [-0.2, -0.15) is 0 Å². The molecule has 1 heterocycles. The first-order chi connectivity index (χ1) is 10.3. The van der Waals surface area contributed by atoms with Gasteiger partial charge in [-0.25, -0.2) is 0 Å². The molecule has 2 aromatic carbocycles. The van der Waals surface area contributed by atoms with Crippen molar-refractivity contribution in [3.63, 3.8) is 0 Å². The lowest BCUT2D eigenvalue weighted by Gasteiger charge is -2.39. The van der Waals surface area contributed by atoms with Crippen LogP contribution in [0.3, 0.4) is 0 Å². The van der Waals surface area contributed by atoms with E-state index in [1.54, 1.807) is 0 Å². The molecule has 0 bridgehead atoms. The molecular formula is C17H22N4. The van der Waals surface area contributed by atoms with E-state index in [1.807, 2.05) is 6.07 Å². The molecule has 110 valence electrons. The molecule has 4 nitrogen and oxygen atoms in total. The van der Waals surface area contributed by atoms with Crippen molar-refractivity contribution in [2.45, 2.75) is 18.8 Å². The Morgan fingerprint density at radius 2 is 1.71 bits per heavy atom. The summed E-state index contributed by atoms with van der Waals surface area (Å²) in [5.74, 6) is 0. The fraction of sp³-hybridized carbons (Fsp3) is 0.294. The molecule has 0 aromatic heterocycles. The lowest BCUT2D eigenvalue weighted by Crippen LogP contribution is -2.56. The van der Waals surface area contributed by atoms with Gasteiger partial charge in [-0.05, 0) is 23.3 Å². The zero-order chi connectivity index (χ0) is 14.7. The number of anilines is 1. The van der Waals surface area contributed by atoms with Crippen molar-refractivity contribution >= 4 is 5.69 Å². The van der Waals surface area contributed by atoms with Crippen molar-refractivity contribution in [3.05, 3.63) is 65.7 Å². The molecule has 21 heavy (non-hydrogen) atoms. The van der Waals surface area contributed by atoms with Crippen molar-refractivity contribution in [2.75, 3.05) is 18.0 Å². The Morgan fingerprint density at radius 3 is 2.38 bits per heavy atom. The molecule has 5 N–H and O–H groups in total. The third-order valence-electron chi connectivity index (χ3n) is 3.97. The molecule has 1 fully saturated rings. The second-order valence-corrected chi connectivity index (χ2v) is 5.51. The molecule has 3 rings (SSSR count). The summed E-state index contributed by atoms with van der Waals surface area (Å²) in [4.78, 5) is 2.34. The fourth-order valence-electron chi connectivity index (χ4n) is 2.83. The number of hydrogen-bond donors (Lipinski definition) is 3. The minimum absolute atomic E-state index is 0.0295. The van der Waals surface area contributed by atoms with E-state index in [9.17, 15) is 0 Å². The molecule has 0 saturated carbocycles. The number of rotatable bonds is 3. The van der Waals surface area contributed by atoms with E-state index >= 15 is 0 Å². The molecule has 4 heteroatoms. The summed E-state index contributed by atoms with van der Waals surface area (Å²) in [6, 6.07) is 19.1. The largest absolute Gasteiger partial charge is 0.367 e. The predicted octanol–water partition coefficient (Wildman–Crippen LogP) is 1.58. The Hall–Kier alpha value is -1.88. The van der Waals surface area contributed by atoms with E-state index in [-0.39, 0.29) is 12.2 Å². The van der Waals surface area contributed by atoms with Crippen LogP contribution in [0.25, 0.3) is 0 Å². The van der Waals surface area contributed by atoms with E-state index in [1.165, 1.54) is 11.3 Å². The molecular weight excluding hydrogens is 260 g/mol.